The summed E-state index contributed by atoms with van der Waals surface area (Å²) < 4.78 is 5.09. The van der Waals surface area contributed by atoms with E-state index in [1.165, 1.54) is 7.11 Å². The van der Waals surface area contributed by atoms with E-state index >= 15 is 0 Å². The van der Waals surface area contributed by atoms with Crippen molar-refractivity contribution < 1.29 is 9.53 Å². The van der Waals surface area contributed by atoms with Crippen molar-refractivity contribution in [2.45, 2.75) is 11.8 Å². The molecule has 0 saturated carbocycles. The van der Waals surface area contributed by atoms with Crippen molar-refractivity contribution in [3.63, 3.8) is 0 Å². The summed E-state index contributed by atoms with van der Waals surface area (Å²) in [7, 11) is 1.42. The first-order valence-electron chi connectivity index (χ1n) is 6.56. The predicted molar refractivity (Wildman–Crippen MR) is 80.5 cm³/mol. The van der Waals surface area contributed by atoms with Crippen LogP contribution in [0.2, 0.25) is 0 Å². The highest BCUT2D eigenvalue weighted by atomic mass is 16.5. The van der Waals surface area contributed by atoms with Crippen LogP contribution >= 0.6 is 0 Å². The first-order valence-corrected chi connectivity index (χ1v) is 6.56. The average molecular weight is 266 g/mol. The lowest BCUT2D eigenvalue weighted by Gasteiger charge is -2.31. The summed E-state index contributed by atoms with van der Waals surface area (Å²) in [6, 6.07) is 19.4. The number of hydrogen-bond acceptors (Lipinski definition) is 2. The largest absolute Gasteiger partial charge is 0.468 e. The molecule has 2 aromatic rings. The van der Waals surface area contributed by atoms with Gasteiger partial charge in [0.25, 0.3) is 0 Å². The van der Waals surface area contributed by atoms with Gasteiger partial charge in [-0.15, -0.1) is 6.58 Å². The molecule has 0 aliphatic rings. The van der Waals surface area contributed by atoms with Crippen LogP contribution in [0.4, 0.5) is 0 Å². The summed E-state index contributed by atoms with van der Waals surface area (Å²) in [5, 5.41) is 0. The second-order valence-corrected chi connectivity index (χ2v) is 4.62. The van der Waals surface area contributed by atoms with Crippen molar-refractivity contribution in [3.05, 3.63) is 84.4 Å². The zero-order chi connectivity index (χ0) is 14.4. The van der Waals surface area contributed by atoms with Gasteiger partial charge in [-0.25, -0.2) is 0 Å². The van der Waals surface area contributed by atoms with Crippen molar-refractivity contribution in [2.24, 2.45) is 0 Å². The van der Waals surface area contributed by atoms with Gasteiger partial charge >= 0.3 is 5.97 Å². The molecule has 0 bridgehead atoms. The number of ether oxygens (including phenoxy) is 1. The maximum Gasteiger partial charge on any atom is 0.321 e. The Morgan fingerprint density at radius 1 is 1.05 bits per heavy atom. The Morgan fingerprint density at radius 2 is 1.50 bits per heavy atom. The minimum atomic E-state index is -0.834. The molecule has 0 atom stereocenters. The fraction of sp³-hybridized carbons (Fsp3) is 0.167. The van der Waals surface area contributed by atoms with Crippen LogP contribution in [0, 0.1) is 0 Å². The van der Waals surface area contributed by atoms with Gasteiger partial charge in [0.1, 0.15) is 5.41 Å². The van der Waals surface area contributed by atoms with Crippen molar-refractivity contribution >= 4 is 5.97 Å². The number of methoxy groups -OCH3 is 1. The number of carbonyl (C=O) groups excluding carboxylic acids is 1. The number of benzene rings is 2. The second kappa shape index (κ2) is 6.20. The fourth-order valence-electron chi connectivity index (χ4n) is 2.56. The van der Waals surface area contributed by atoms with Gasteiger partial charge in [0.2, 0.25) is 0 Å². The van der Waals surface area contributed by atoms with Crippen LogP contribution in [0.1, 0.15) is 17.5 Å². The maximum absolute atomic E-state index is 12.6. The lowest BCUT2D eigenvalue weighted by Crippen LogP contribution is -2.37. The minimum absolute atomic E-state index is 0.269. The third kappa shape index (κ3) is 2.37. The first-order chi connectivity index (χ1) is 9.75. The third-order valence-corrected chi connectivity index (χ3v) is 3.52. The fourth-order valence-corrected chi connectivity index (χ4v) is 2.56. The van der Waals surface area contributed by atoms with E-state index < -0.39 is 5.41 Å². The molecule has 0 amide bonds. The van der Waals surface area contributed by atoms with Crippen molar-refractivity contribution in [1.82, 2.24) is 0 Å². The molecule has 20 heavy (non-hydrogen) atoms. The van der Waals surface area contributed by atoms with E-state index in [1.54, 1.807) is 6.08 Å². The molecule has 0 fully saturated rings. The quantitative estimate of drug-likeness (QED) is 0.609. The van der Waals surface area contributed by atoms with E-state index in [-0.39, 0.29) is 5.97 Å². The van der Waals surface area contributed by atoms with Gasteiger partial charge in [-0.3, -0.25) is 4.79 Å². The van der Waals surface area contributed by atoms with Gasteiger partial charge in [0.05, 0.1) is 7.11 Å². The standard InChI is InChI=1S/C18H18O2/c1-3-14-18(17(19)20-2,15-10-6-4-7-11-15)16-12-8-5-9-13-16/h3-13H,1,14H2,2H3. The molecular formula is C18H18O2. The van der Waals surface area contributed by atoms with Crippen molar-refractivity contribution in [2.75, 3.05) is 7.11 Å². The number of esters is 1. The molecule has 0 aliphatic carbocycles. The molecule has 2 heteroatoms. The Balaban J connectivity index is 2.69. The summed E-state index contributed by atoms with van der Waals surface area (Å²) in [6.07, 6.45) is 2.25. The average Bonchev–Trinajstić information content (AvgIpc) is 2.53. The van der Waals surface area contributed by atoms with Crippen molar-refractivity contribution in [1.29, 1.82) is 0 Å². The monoisotopic (exact) mass is 266 g/mol. The molecule has 0 spiro atoms. The molecule has 2 rings (SSSR count). The van der Waals surface area contributed by atoms with Gasteiger partial charge in [-0.05, 0) is 17.5 Å². The predicted octanol–water partition coefficient (Wildman–Crippen LogP) is 3.72. The van der Waals surface area contributed by atoms with Gasteiger partial charge < -0.3 is 4.74 Å². The Bertz CT molecular complexity index is 533. The van der Waals surface area contributed by atoms with E-state index in [2.05, 4.69) is 6.58 Å². The molecule has 0 N–H and O–H groups in total. The highest BCUT2D eigenvalue weighted by molar-refractivity contribution is 5.87. The van der Waals surface area contributed by atoms with E-state index in [9.17, 15) is 4.79 Å². The SMILES string of the molecule is C=CCC(C(=O)OC)(c1ccccc1)c1ccccc1. The topological polar surface area (TPSA) is 26.3 Å². The van der Waals surface area contributed by atoms with Crippen LogP contribution in [0.25, 0.3) is 0 Å². The molecule has 0 saturated heterocycles. The Hall–Kier alpha value is -2.35. The molecule has 0 aromatic heterocycles. The first kappa shape index (κ1) is 14.1. The lowest BCUT2D eigenvalue weighted by atomic mass is 9.72. The number of allylic oxidation sites excluding steroid dienone is 1. The smallest absolute Gasteiger partial charge is 0.321 e. The minimum Gasteiger partial charge on any atom is -0.468 e. The normalized spacial score (nSPS) is 10.8. The molecule has 0 unspecified atom stereocenters. The van der Waals surface area contributed by atoms with E-state index in [4.69, 9.17) is 4.74 Å². The lowest BCUT2D eigenvalue weighted by molar-refractivity contribution is -0.145. The van der Waals surface area contributed by atoms with Crippen LogP contribution in [-0.4, -0.2) is 13.1 Å². The Labute approximate surface area is 119 Å². The number of rotatable bonds is 5. The molecular weight excluding hydrogens is 248 g/mol. The number of hydrogen-bond donors (Lipinski definition) is 0. The van der Waals surface area contributed by atoms with E-state index in [0.29, 0.717) is 6.42 Å². The highest BCUT2D eigenvalue weighted by Crippen LogP contribution is 2.37. The van der Waals surface area contributed by atoms with Gasteiger partial charge in [0.15, 0.2) is 0 Å². The van der Waals surface area contributed by atoms with E-state index in [1.807, 2.05) is 60.7 Å². The highest BCUT2D eigenvalue weighted by Gasteiger charge is 2.41. The van der Waals surface area contributed by atoms with E-state index in [0.717, 1.165) is 11.1 Å². The molecule has 0 heterocycles. The summed E-state index contributed by atoms with van der Waals surface area (Å²) in [4.78, 5) is 12.6. The summed E-state index contributed by atoms with van der Waals surface area (Å²) in [6.45, 7) is 3.81. The molecule has 0 aliphatic heterocycles. The maximum atomic E-state index is 12.6. The van der Waals surface area contributed by atoms with Crippen LogP contribution in [0.5, 0.6) is 0 Å². The summed E-state index contributed by atoms with van der Waals surface area (Å²) >= 11 is 0. The second-order valence-electron chi connectivity index (χ2n) is 4.62. The van der Waals surface area contributed by atoms with Crippen LogP contribution in [-0.2, 0) is 14.9 Å². The molecule has 2 nitrogen and oxygen atoms in total. The van der Waals surface area contributed by atoms with Crippen LogP contribution < -0.4 is 0 Å². The molecule has 102 valence electrons. The zero-order valence-electron chi connectivity index (χ0n) is 11.6. The van der Waals surface area contributed by atoms with Gasteiger partial charge in [-0.1, -0.05) is 66.7 Å². The Kier molecular flexibility index (Phi) is 4.36. The van der Waals surface area contributed by atoms with Gasteiger partial charge in [-0.2, -0.15) is 0 Å². The van der Waals surface area contributed by atoms with Gasteiger partial charge in [0, 0.05) is 0 Å². The summed E-state index contributed by atoms with van der Waals surface area (Å²) in [5.74, 6) is -0.269. The Morgan fingerprint density at radius 3 is 1.85 bits per heavy atom. The zero-order valence-corrected chi connectivity index (χ0v) is 11.6. The number of carbonyl (C=O) groups is 1. The summed E-state index contributed by atoms with van der Waals surface area (Å²) in [5.41, 5.74) is 0.995. The van der Waals surface area contributed by atoms with Crippen LogP contribution in [0.15, 0.2) is 73.3 Å². The molecule has 2 aromatic carbocycles. The third-order valence-electron chi connectivity index (χ3n) is 3.52. The van der Waals surface area contributed by atoms with Crippen LogP contribution in [0.3, 0.4) is 0 Å². The molecule has 0 radical (unpaired) electrons. The van der Waals surface area contributed by atoms with Crippen molar-refractivity contribution in [3.8, 4) is 0 Å².